The lowest BCUT2D eigenvalue weighted by Gasteiger charge is -2.20. The summed E-state index contributed by atoms with van der Waals surface area (Å²) in [5, 5.41) is 0. The molecule has 18 heavy (non-hydrogen) atoms. The summed E-state index contributed by atoms with van der Waals surface area (Å²) in [6, 6.07) is 5.79. The second kappa shape index (κ2) is 6.20. The molecule has 0 aliphatic rings. The maximum Gasteiger partial charge on any atom is 0.234 e. The molecule has 1 rings (SSSR count). The molecule has 0 saturated heterocycles. The first kappa shape index (κ1) is 15.0. The molecule has 0 atom stereocenters. The van der Waals surface area contributed by atoms with Gasteiger partial charge in [-0.25, -0.2) is 8.42 Å². The van der Waals surface area contributed by atoms with Crippen LogP contribution in [0.5, 0.6) is 0 Å². The third-order valence-corrected chi connectivity index (χ3v) is 4.69. The summed E-state index contributed by atoms with van der Waals surface area (Å²) < 4.78 is 25.6. The topological polar surface area (TPSA) is 63.4 Å². The first-order valence-electron chi connectivity index (χ1n) is 6.12. The Morgan fingerprint density at radius 2 is 1.67 bits per heavy atom. The van der Waals surface area contributed by atoms with E-state index in [1.807, 2.05) is 32.0 Å². The van der Waals surface area contributed by atoms with E-state index in [9.17, 15) is 8.42 Å². The molecule has 1 aromatic rings. The van der Waals surface area contributed by atoms with Gasteiger partial charge in [-0.2, -0.15) is 0 Å². The monoisotopic (exact) mass is 270 g/mol. The van der Waals surface area contributed by atoms with Crippen molar-refractivity contribution < 1.29 is 8.42 Å². The number of benzene rings is 1. The average Bonchev–Trinajstić information content (AvgIpc) is 2.27. The lowest BCUT2D eigenvalue weighted by Crippen LogP contribution is -2.29. The highest BCUT2D eigenvalue weighted by Crippen LogP contribution is 2.20. The van der Waals surface area contributed by atoms with E-state index in [2.05, 4.69) is 0 Å². The second-order valence-corrected chi connectivity index (χ2v) is 6.74. The first-order chi connectivity index (χ1) is 8.36. The molecular formula is C13H22N2O2S. The predicted octanol–water partition coefficient (Wildman–Crippen LogP) is 1.81. The Kier molecular flexibility index (Phi) is 5.16. The Labute approximate surface area is 110 Å². The van der Waals surface area contributed by atoms with Crippen molar-refractivity contribution in [3.8, 4) is 0 Å². The van der Waals surface area contributed by atoms with Crippen LogP contribution in [-0.4, -0.2) is 27.8 Å². The molecule has 0 amide bonds. The molecule has 0 aliphatic carbocycles. The molecule has 0 heterocycles. The molecule has 102 valence electrons. The molecule has 1 aromatic carbocycles. The largest absolute Gasteiger partial charge is 0.330 e. The summed E-state index contributed by atoms with van der Waals surface area (Å²) in [5.74, 6) is 0.147. The van der Waals surface area contributed by atoms with Gasteiger partial charge in [0, 0.05) is 7.05 Å². The molecule has 0 radical (unpaired) electrons. The van der Waals surface area contributed by atoms with Crippen molar-refractivity contribution in [1.29, 1.82) is 0 Å². The van der Waals surface area contributed by atoms with Gasteiger partial charge in [-0.05, 0) is 56.5 Å². The fourth-order valence-corrected chi connectivity index (χ4v) is 3.13. The summed E-state index contributed by atoms with van der Waals surface area (Å²) in [7, 11) is -1.64. The van der Waals surface area contributed by atoms with Crippen LogP contribution in [0.2, 0.25) is 0 Å². The van der Waals surface area contributed by atoms with Gasteiger partial charge < -0.3 is 5.73 Å². The number of hydrogen-bond acceptors (Lipinski definition) is 3. The highest BCUT2D eigenvalue weighted by Gasteiger charge is 2.18. The summed E-state index contributed by atoms with van der Waals surface area (Å²) in [5.41, 5.74) is 8.23. The van der Waals surface area contributed by atoms with Gasteiger partial charge >= 0.3 is 0 Å². The zero-order valence-electron chi connectivity index (χ0n) is 11.3. The van der Waals surface area contributed by atoms with Crippen LogP contribution in [0.4, 0.5) is 5.69 Å². The zero-order valence-corrected chi connectivity index (χ0v) is 12.1. The van der Waals surface area contributed by atoms with E-state index >= 15 is 0 Å². The van der Waals surface area contributed by atoms with Crippen LogP contribution in [0.25, 0.3) is 0 Å². The average molecular weight is 270 g/mol. The molecule has 0 aromatic heterocycles. The number of hydrogen-bond donors (Lipinski definition) is 1. The Bertz CT molecular complexity index is 477. The van der Waals surface area contributed by atoms with Gasteiger partial charge in [0.1, 0.15) is 0 Å². The van der Waals surface area contributed by atoms with Crippen LogP contribution in [0.1, 0.15) is 24.0 Å². The van der Waals surface area contributed by atoms with Gasteiger partial charge in [-0.1, -0.05) is 6.07 Å². The summed E-state index contributed by atoms with van der Waals surface area (Å²) >= 11 is 0. The number of aryl methyl sites for hydroxylation is 2. The smallest absolute Gasteiger partial charge is 0.234 e. The first-order valence-corrected chi connectivity index (χ1v) is 7.72. The van der Waals surface area contributed by atoms with E-state index in [4.69, 9.17) is 5.73 Å². The molecule has 0 fully saturated rings. The molecule has 5 heteroatoms. The lowest BCUT2D eigenvalue weighted by molar-refractivity contribution is 0.590. The molecule has 0 spiro atoms. The van der Waals surface area contributed by atoms with Gasteiger partial charge in [0.2, 0.25) is 10.0 Å². The van der Waals surface area contributed by atoms with Crippen molar-refractivity contribution in [3.63, 3.8) is 0 Å². The molecule has 2 N–H and O–H groups in total. The molecular weight excluding hydrogens is 248 g/mol. The standard InChI is InChI=1S/C13H22N2O2S/c1-11-8-12(2)10-13(9-11)15(3)18(16,17)7-5-4-6-14/h8-10H,4-7,14H2,1-3H3. The second-order valence-electron chi connectivity index (χ2n) is 4.63. The summed E-state index contributed by atoms with van der Waals surface area (Å²) in [6.07, 6.45) is 1.34. The minimum atomic E-state index is -3.24. The van der Waals surface area contributed by atoms with Crippen LogP contribution >= 0.6 is 0 Å². The fourth-order valence-electron chi connectivity index (χ4n) is 1.86. The van der Waals surface area contributed by atoms with Crippen LogP contribution in [-0.2, 0) is 10.0 Å². The minimum Gasteiger partial charge on any atom is -0.330 e. The number of rotatable bonds is 6. The molecule has 4 nitrogen and oxygen atoms in total. The van der Waals surface area contributed by atoms with Gasteiger partial charge in [0.25, 0.3) is 0 Å². The quantitative estimate of drug-likeness (QED) is 0.802. The van der Waals surface area contributed by atoms with Gasteiger partial charge in [-0.15, -0.1) is 0 Å². The van der Waals surface area contributed by atoms with E-state index in [0.29, 0.717) is 13.0 Å². The van der Waals surface area contributed by atoms with Crippen molar-refractivity contribution >= 4 is 15.7 Å². The Morgan fingerprint density at radius 3 is 2.17 bits per heavy atom. The van der Waals surface area contributed by atoms with E-state index in [1.54, 1.807) is 7.05 Å². The van der Waals surface area contributed by atoms with Crippen LogP contribution in [0.15, 0.2) is 18.2 Å². The number of anilines is 1. The SMILES string of the molecule is Cc1cc(C)cc(N(C)S(=O)(=O)CCCCN)c1. The van der Waals surface area contributed by atoms with Crippen LogP contribution in [0.3, 0.4) is 0 Å². The lowest BCUT2D eigenvalue weighted by atomic mass is 10.1. The fraction of sp³-hybridized carbons (Fsp3) is 0.538. The summed E-state index contributed by atoms with van der Waals surface area (Å²) in [4.78, 5) is 0. The van der Waals surface area contributed by atoms with Crippen molar-refractivity contribution in [2.75, 3.05) is 23.7 Å². The van der Waals surface area contributed by atoms with Gasteiger partial charge in [0.15, 0.2) is 0 Å². The number of unbranched alkanes of at least 4 members (excludes halogenated alkanes) is 1. The summed E-state index contributed by atoms with van der Waals surface area (Å²) in [6.45, 7) is 4.46. The maximum absolute atomic E-state index is 12.1. The van der Waals surface area contributed by atoms with Crippen molar-refractivity contribution in [3.05, 3.63) is 29.3 Å². The van der Waals surface area contributed by atoms with E-state index in [0.717, 1.165) is 23.2 Å². The van der Waals surface area contributed by atoms with Crippen molar-refractivity contribution in [2.45, 2.75) is 26.7 Å². The molecule has 0 unspecified atom stereocenters. The Hall–Kier alpha value is -1.07. The van der Waals surface area contributed by atoms with Crippen molar-refractivity contribution in [1.82, 2.24) is 0 Å². The molecule has 0 saturated carbocycles. The predicted molar refractivity (Wildman–Crippen MR) is 76.4 cm³/mol. The maximum atomic E-state index is 12.1. The van der Waals surface area contributed by atoms with Crippen LogP contribution < -0.4 is 10.0 Å². The highest BCUT2D eigenvalue weighted by atomic mass is 32.2. The van der Waals surface area contributed by atoms with E-state index in [1.165, 1.54) is 4.31 Å². The van der Waals surface area contributed by atoms with Gasteiger partial charge in [-0.3, -0.25) is 4.31 Å². The third kappa shape index (κ3) is 3.99. The molecule has 0 aliphatic heterocycles. The van der Waals surface area contributed by atoms with E-state index in [-0.39, 0.29) is 5.75 Å². The van der Waals surface area contributed by atoms with Crippen molar-refractivity contribution in [2.24, 2.45) is 5.73 Å². The minimum absolute atomic E-state index is 0.147. The van der Waals surface area contributed by atoms with Crippen LogP contribution in [0, 0.1) is 13.8 Å². The Balaban J connectivity index is 2.88. The third-order valence-electron chi connectivity index (χ3n) is 2.84. The zero-order chi connectivity index (χ0) is 13.8. The van der Waals surface area contributed by atoms with E-state index < -0.39 is 10.0 Å². The molecule has 0 bridgehead atoms. The number of sulfonamides is 1. The normalized spacial score (nSPS) is 11.6. The number of nitrogens with two attached hydrogens (primary N) is 1. The number of nitrogens with zero attached hydrogens (tertiary/aromatic N) is 1. The van der Waals surface area contributed by atoms with Gasteiger partial charge in [0.05, 0.1) is 11.4 Å². The Morgan fingerprint density at radius 1 is 1.11 bits per heavy atom. The highest BCUT2D eigenvalue weighted by molar-refractivity contribution is 7.92.